The number of likely N-dealkylation sites (tertiary alicyclic amines) is 1. The minimum atomic E-state index is -0.263. The number of hydrogen-bond donors (Lipinski definition) is 1. The number of hydrogen-bond acceptors (Lipinski definition) is 3. The number of amides is 1. The van der Waals surface area contributed by atoms with Gasteiger partial charge in [0.15, 0.2) is 0 Å². The molecule has 2 N–H and O–H groups in total. The van der Waals surface area contributed by atoms with E-state index in [4.69, 9.17) is 10.5 Å². The summed E-state index contributed by atoms with van der Waals surface area (Å²) in [5, 5.41) is 0. The normalized spacial score (nSPS) is 23.8. The van der Waals surface area contributed by atoms with E-state index in [9.17, 15) is 4.79 Å². The first-order valence-electron chi connectivity index (χ1n) is 5.94. The lowest BCUT2D eigenvalue weighted by Crippen LogP contribution is -2.32. The van der Waals surface area contributed by atoms with Gasteiger partial charge in [-0.15, -0.1) is 0 Å². The fourth-order valence-corrected chi connectivity index (χ4v) is 2.25. The van der Waals surface area contributed by atoms with Crippen LogP contribution in [0.3, 0.4) is 0 Å². The van der Waals surface area contributed by atoms with Crippen molar-refractivity contribution in [3.63, 3.8) is 0 Å². The molecule has 0 radical (unpaired) electrons. The van der Waals surface area contributed by atoms with Gasteiger partial charge >= 0.3 is 6.09 Å². The van der Waals surface area contributed by atoms with Crippen LogP contribution < -0.4 is 5.73 Å². The SMILES string of the molecule is CCOC(=O)N1C[C@@H](N)[C@H](c2ccccc2)C1. The van der Waals surface area contributed by atoms with E-state index in [0.717, 1.165) is 0 Å². The molecule has 92 valence electrons. The number of rotatable bonds is 2. The molecule has 17 heavy (non-hydrogen) atoms. The second-order valence-corrected chi connectivity index (χ2v) is 4.28. The van der Waals surface area contributed by atoms with Gasteiger partial charge in [-0.25, -0.2) is 4.79 Å². The zero-order chi connectivity index (χ0) is 12.3. The smallest absolute Gasteiger partial charge is 0.409 e. The van der Waals surface area contributed by atoms with Crippen molar-refractivity contribution in [3.05, 3.63) is 35.9 Å². The fraction of sp³-hybridized carbons (Fsp3) is 0.462. The topological polar surface area (TPSA) is 55.6 Å². The highest BCUT2D eigenvalue weighted by Crippen LogP contribution is 2.26. The molecule has 1 aliphatic rings. The van der Waals surface area contributed by atoms with Gasteiger partial charge in [-0.1, -0.05) is 30.3 Å². The molecule has 0 aliphatic carbocycles. The van der Waals surface area contributed by atoms with Gasteiger partial charge in [-0.05, 0) is 12.5 Å². The molecular formula is C13H18N2O2. The first kappa shape index (κ1) is 11.9. The van der Waals surface area contributed by atoms with E-state index in [-0.39, 0.29) is 18.1 Å². The second-order valence-electron chi connectivity index (χ2n) is 4.28. The summed E-state index contributed by atoms with van der Waals surface area (Å²) < 4.78 is 4.99. The average molecular weight is 234 g/mol. The largest absolute Gasteiger partial charge is 0.450 e. The molecule has 1 heterocycles. The van der Waals surface area contributed by atoms with Crippen molar-refractivity contribution < 1.29 is 9.53 Å². The first-order valence-corrected chi connectivity index (χ1v) is 5.94. The summed E-state index contributed by atoms with van der Waals surface area (Å²) in [7, 11) is 0. The number of ether oxygens (including phenoxy) is 1. The van der Waals surface area contributed by atoms with Crippen molar-refractivity contribution in [1.82, 2.24) is 4.90 Å². The average Bonchev–Trinajstić information content (AvgIpc) is 2.73. The van der Waals surface area contributed by atoms with Gasteiger partial charge in [0.25, 0.3) is 0 Å². The second kappa shape index (κ2) is 5.19. The molecule has 0 saturated carbocycles. The van der Waals surface area contributed by atoms with E-state index >= 15 is 0 Å². The first-order chi connectivity index (χ1) is 8.22. The zero-order valence-corrected chi connectivity index (χ0v) is 10.0. The third kappa shape index (κ3) is 2.58. The molecule has 0 bridgehead atoms. The highest BCUT2D eigenvalue weighted by Gasteiger charge is 2.34. The molecular weight excluding hydrogens is 216 g/mol. The molecule has 0 unspecified atom stereocenters. The monoisotopic (exact) mass is 234 g/mol. The maximum Gasteiger partial charge on any atom is 0.409 e. The van der Waals surface area contributed by atoms with Crippen LogP contribution in [0.1, 0.15) is 18.4 Å². The number of nitrogens with two attached hydrogens (primary N) is 1. The zero-order valence-electron chi connectivity index (χ0n) is 10.0. The summed E-state index contributed by atoms with van der Waals surface area (Å²) in [5.41, 5.74) is 7.27. The van der Waals surface area contributed by atoms with Gasteiger partial charge < -0.3 is 15.4 Å². The van der Waals surface area contributed by atoms with Gasteiger partial charge in [0.05, 0.1) is 6.61 Å². The third-order valence-corrected chi connectivity index (χ3v) is 3.12. The van der Waals surface area contributed by atoms with Crippen LogP contribution >= 0.6 is 0 Å². The van der Waals surface area contributed by atoms with E-state index in [0.29, 0.717) is 19.7 Å². The Balaban J connectivity index is 2.05. The Kier molecular flexibility index (Phi) is 3.64. The molecule has 2 atom stereocenters. The third-order valence-electron chi connectivity index (χ3n) is 3.12. The molecule has 1 aromatic carbocycles. The maximum atomic E-state index is 11.6. The predicted octanol–water partition coefficient (Wildman–Crippen LogP) is 1.57. The van der Waals surface area contributed by atoms with Crippen molar-refractivity contribution in [3.8, 4) is 0 Å². The van der Waals surface area contributed by atoms with Gasteiger partial charge in [-0.3, -0.25) is 0 Å². The fourth-order valence-electron chi connectivity index (χ4n) is 2.25. The van der Waals surface area contributed by atoms with Gasteiger partial charge in [0, 0.05) is 25.0 Å². The molecule has 1 fully saturated rings. The van der Waals surface area contributed by atoms with Crippen LogP contribution in [-0.2, 0) is 4.74 Å². The van der Waals surface area contributed by atoms with Crippen LogP contribution in [0.4, 0.5) is 4.79 Å². The summed E-state index contributed by atoms with van der Waals surface area (Å²) in [6.45, 7) is 3.42. The Labute approximate surface area is 101 Å². The quantitative estimate of drug-likeness (QED) is 0.845. The summed E-state index contributed by atoms with van der Waals surface area (Å²) in [4.78, 5) is 13.3. The van der Waals surface area contributed by atoms with Crippen LogP contribution in [0, 0.1) is 0 Å². The van der Waals surface area contributed by atoms with Crippen molar-refractivity contribution >= 4 is 6.09 Å². The number of carbonyl (C=O) groups is 1. The standard InChI is InChI=1S/C13H18N2O2/c1-2-17-13(16)15-8-11(12(14)9-15)10-6-4-3-5-7-10/h3-7,11-12H,2,8-9,14H2,1H3/t11-,12+/m0/s1. The molecule has 0 spiro atoms. The lowest BCUT2D eigenvalue weighted by Gasteiger charge is -2.15. The molecule has 4 nitrogen and oxygen atoms in total. The minimum Gasteiger partial charge on any atom is -0.450 e. The molecule has 2 rings (SSSR count). The van der Waals surface area contributed by atoms with Gasteiger partial charge in [0.1, 0.15) is 0 Å². The number of carbonyl (C=O) groups excluding carboxylic acids is 1. The minimum absolute atomic E-state index is 0.0122. The Morgan fingerprint density at radius 1 is 1.41 bits per heavy atom. The van der Waals surface area contributed by atoms with E-state index in [1.54, 1.807) is 4.90 Å². The number of nitrogens with zero attached hydrogens (tertiary/aromatic N) is 1. The lowest BCUT2D eigenvalue weighted by atomic mass is 9.95. The van der Waals surface area contributed by atoms with Crippen LogP contribution in [0.5, 0.6) is 0 Å². The van der Waals surface area contributed by atoms with Crippen molar-refractivity contribution in [2.24, 2.45) is 5.73 Å². The van der Waals surface area contributed by atoms with Crippen molar-refractivity contribution in [1.29, 1.82) is 0 Å². The summed E-state index contributed by atoms with van der Waals surface area (Å²) in [5.74, 6) is 0.209. The van der Waals surface area contributed by atoms with Crippen molar-refractivity contribution in [2.75, 3.05) is 19.7 Å². The maximum absolute atomic E-state index is 11.6. The Hall–Kier alpha value is -1.55. The lowest BCUT2D eigenvalue weighted by molar-refractivity contribution is 0.115. The van der Waals surface area contributed by atoms with Crippen LogP contribution in [0.15, 0.2) is 30.3 Å². The van der Waals surface area contributed by atoms with E-state index in [1.165, 1.54) is 5.56 Å². The Morgan fingerprint density at radius 3 is 2.76 bits per heavy atom. The molecule has 1 aromatic rings. The molecule has 1 amide bonds. The predicted molar refractivity (Wildman–Crippen MR) is 65.8 cm³/mol. The van der Waals surface area contributed by atoms with Crippen molar-refractivity contribution in [2.45, 2.75) is 18.9 Å². The van der Waals surface area contributed by atoms with Gasteiger partial charge in [-0.2, -0.15) is 0 Å². The highest BCUT2D eigenvalue weighted by atomic mass is 16.6. The Bertz CT molecular complexity index is 380. The van der Waals surface area contributed by atoms with Crippen LogP contribution in [0.2, 0.25) is 0 Å². The summed E-state index contributed by atoms with van der Waals surface area (Å²) in [6.07, 6.45) is -0.263. The van der Waals surface area contributed by atoms with E-state index < -0.39 is 0 Å². The van der Waals surface area contributed by atoms with E-state index in [2.05, 4.69) is 12.1 Å². The van der Waals surface area contributed by atoms with Crippen LogP contribution in [0.25, 0.3) is 0 Å². The molecule has 1 saturated heterocycles. The van der Waals surface area contributed by atoms with Gasteiger partial charge in [0.2, 0.25) is 0 Å². The van der Waals surface area contributed by atoms with Crippen LogP contribution in [-0.4, -0.2) is 36.7 Å². The highest BCUT2D eigenvalue weighted by molar-refractivity contribution is 5.68. The summed E-state index contributed by atoms with van der Waals surface area (Å²) in [6, 6.07) is 10.1. The molecule has 0 aromatic heterocycles. The van der Waals surface area contributed by atoms with E-state index in [1.807, 2.05) is 25.1 Å². The molecule has 4 heteroatoms. The summed E-state index contributed by atoms with van der Waals surface area (Å²) >= 11 is 0. The Morgan fingerprint density at radius 2 is 2.12 bits per heavy atom. The molecule has 1 aliphatic heterocycles. The number of benzene rings is 1.